The molecule has 1 amide bonds. The number of carbonyl (C=O) groups excluding carboxylic acids is 2. The number of nitrogens with zero attached hydrogens (tertiary/aromatic N) is 3. The highest BCUT2D eigenvalue weighted by Crippen LogP contribution is 2.53. The largest absolute Gasteiger partial charge is 0.416 e. The third-order valence-electron chi connectivity index (χ3n) is 6.38. The van der Waals surface area contributed by atoms with Crippen molar-refractivity contribution in [3.05, 3.63) is 74.7 Å². The molecular formula is C23H18F3N3O2S. The fraction of sp³-hybridized carbons (Fsp3) is 0.304. The predicted octanol–water partition coefficient (Wildman–Crippen LogP) is 5.25. The average Bonchev–Trinajstić information content (AvgIpc) is 3.39. The number of aromatic nitrogens is 2. The minimum absolute atomic E-state index is 0.0802. The van der Waals surface area contributed by atoms with Crippen LogP contribution in [0.15, 0.2) is 41.9 Å². The summed E-state index contributed by atoms with van der Waals surface area (Å²) in [6.07, 6.45) is -2.55. The molecule has 3 aromatic rings. The molecular weight excluding hydrogens is 439 g/mol. The maximum absolute atomic E-state index is 13.6. The Bertz CT molecular complexity index is 1220. The number of amides is 1. The highest BCUT2D eigenvalue weighted by Gasteiger charge is 2.48. The molecule has 0 bridgehead atoms. The number of rotatable bonds is 4. The van der Waals surface area contributed by atoms with E-state index in [-0.39, 0.29) is 28.7 Å². The zero-order valence-corrected chi connectivity index (χ0v) is 17.8. The van der Waals surface area contributed by atoms with E-state index in [1.54, 1.807) is 11.6 Å². The lowest BCUT2D eigenvalue weighted by molar-refractivity contribution is -0.138. The van der Waals surface area contributed by atoms with Gasteiger partial charge in [0.2, 0.25) is 0 Å². The Morgan fingerprint density at radius 2 is 2.00 bits per heavy atom. The van der Waals surface area contributed by atoms with Crippen molar-refractivity contribution in [1.29, 1.82) is 0 Å². The fourth-order valence-corrected chi connectivity index (χ4v) is 5.78. The first-order valence-corrected chi connectivity index (χ1v) is 11.0. The van der Waals surface area contributed by atoms with Crippen molar-refractivity contribution in [3.63, 3.8) is 0 Å². The molecule has 2 aromatic carbocycles. The van der Waals surface area contributed by atoms with Gasteiger partial charge in [0.25, 0.3) is 5.91 Å². The molecule has 5 nitrogen and oxygen atoms in total. The van der Waals surface area contributed by atoms with Crippen LogP contribution in [0.3, 0.4) is 0 Å². The summed E-state index contributed by atoms with van der Waals surface area (Å²) in [4.78, 5) is 25.6. The zero-order valence-electron chi connectivity index (χ0n) is 17.0. The zero-order chi connectivity index (χ0) is 22.7. The number of hydrogen-bond donors (Lipinski definition) is 0. The van der Waals surface area contributed by atoms with Gasteiger partial charge in [-0.25, -0.2) is 0 Å². The molecule has 0 spiro atoms. The van der Waals surface area contributed by atoms with E-state index < -0.39 is 17.6 Å². The molecule has 1 fully saturated rings. The predicted molar refractivity (Wildman–Crippen MR) is 113 cm³/mol. The number of aldehydes is 1. The lowest BCUT2D eigenvalue weighted by Crippen LogP contribution is -2.41. The van der Waals surface area contributed by atoms with Crippen molar-refractivity contribution < 1.29 is 22.8 Å². The van der Waals surface area contributed by atoms with Gasteiger partial charge in [0, 0.05) is 22.2 Å². The van der Waals surface area contributed by atoms with Crippen molar-refractivity contribution in [2.45, 2.75) is 37.9 Å². The van der Waals surface area contributed by atoms with Gasteiger partial charge in [0.1, 0.15) is 16.8 Å². The molecule has 1 aliphatic heterocycles. The third kappa shape index (κ3) is 3.14. The summed E-state index contributed by atoms with van der Waals surface area (Å²) in [5.74, 6) is -0.0328. The number of hydrogen-bond acceptors (Lipinski definition) is 5. The molecule has 0 radical (unpaired) electrons. The van der Waals surface area contributed by atoms with Crippen LogP contribution in [0, 0.1) is 5.92 Å². The van der Waals surface area contributed by atoms with Crippen LogP contribution >= 0.6 is 11.3 Å². The van der Waals surface area contributed by atoms with Gasteiger partial charge in [-0.2, -0.15) is 13.2 Å². The van der Waals surface area contributed by atoms with E-state index >= 15 is 0 Å². The van der Waals surface area contributed by atoms with Crippen LogP contribution in [0.2, 0.25) is 0 Å². The molecule has 2 heterocycles. The SMILES string of the molecule is CC1CC(c2cccc(N3Cc4c(cc(C=O)cc4C(F)(F)F)C3=O)c2)(c2nncs2)C1. The Kier molecular flexibility index (Phi) is 4.70. The summed E-state index contributed by atoms with van der Waals surface area (Å²) in [5.41, 5.74) is 1.59. The molecule has 9 heteroatoms. The molecule has 0 unspecified atom stereocenters. The fourth-order valence-electron chi connectivity index (χ4n) is 4.98. The van der Waals surface area contributed by atoms with Crippen molar-refractivity contribution in [3.8, 4) is 0 Å². The minimum Gasteiger partial charge on any atom is -0.304 e. The van der Waals surface area contributed by atoms with Crippen LogP contribution in [-0.2, 0) is 18.1 Å². The topological polar surface area (TPSA) is 63.2 Å². The summed E-state index contributed by atoms with van der Waals surface area (Å²) < 4.78 is 40.9. The Labute approximate surface area is 185 Å². The molecule has 2 aliphatic rings. The Hall–Kier alpha value is -3.07. The van der Waals surface area contributed by atoms with Crippen LogP contribution in [0.5, 0.6) is 0 Å². The van der Waals surface area contributed by atoms with Crippen LogP contribution in [-0.4, -0.2) is 22.4 Å². The first-order chi connectivity index (χ1) is 15.2. The minimum atomic E-state index is -4.66. The summed E-state index contributed by atoms with van der Waals surface area (Å²) >= 11 is 1.48. The highest BCUT2D eigenvalue weighted by molar-refractivity contribution is 7.09. The van der Waals surface area contributed by atoms with Gasteiger partial charge in [0.15, 0.2) is 0 Å². The van der Waals surface area contributed by atoms with Gasteiger partial charge in [-0.1, -0.05) is 19.1 Å². The highest BCUT2D eigenvalue weighted by atomic mass is 32.1. The smallest absolute Gasteiger partial charge is 0.304 e. The third-order valence-corrected chi connectivity index (χ3v) is 7.27. The second kappa shape index (κ2) is 7.23. The van der Waals surface area contributed by atoms with Crippen LogP contribution in [0.25, 0.3) is 0 Å². The van der Waals surface area contributed by atoms with E-state index in [0.29, 0.717) is 17.9 Å². The van der Waals surface area contributed by atoms with E-state index in [4.69, 9.17) is 0 Å². The monoisotopic (exact) mass is 457 g/mol. The molecule has 0 saturated heterocycles. The lowest BCUT2D eigenvalue weighted by atomic mass is 9.59. The van der Waals surface area contributed by atoms with E-state index in [2.05, 4.69) is 17.1 Å². The van der Waals surface area contributed by atoms with Crippen LogP contribution in [0.4, 0.5) is 18.9 Å². The Morgan fingerprint density at radius 1 is 1.22 bits per heavy atom. The molecule has 164 valence electrons. The van der Waals surface area contributed by atoms with Crippen LogP contribution < -0.4 is 4.90 Å². The summed E-state index contributed by atoms with van der Waals surface area (Å²) in [6, 6.07) is 9.41. The number of alkyl halides is 3. The number of fused-ring (bicyclic) bond motifs is 1. The number of carbonyl (C=O) groups is 2. The molecule has 5 rings (SSSR count). The molecule has 1 saturated carbocycles. The van der Waals surface area contributed by atoms with Crippen molar-refractivity contribution in [2.75, 3.05) is 4.90 Å². The van der Waals surface area contributed by atoms with E-state index in [9.17, 15) is 22.8 Å². The van der Waals surface area contributed by atoms with Gasteiger partial charge in [0.05, 0.1) is 12.1 Å². The Balaban J connectivity index is 1.56. The number of benzene rings is 2. The molecule has 0 N–H and O–H groups in total. The summed E-state index contributed by atoms with van der Waals surface area (Å²) in [6.45, 7) is 1.96. The van der Waals surface area contributed by atoms with Crippen LogP contribution in [0.1, 0.15) is 62.2 Å². The van der Waals surface area contributed by atoms with E-state index in [1.807, 2.05) is 18.2 Å². The lowest BCUT2D eigenvalue weighted by Gasteiger charge is -2.45. The van der Waals surface area contributed by atoms with Gasteiger partial charge in [-0.05, 0) is 54.2 Å². The molecule has 32 heavy (non-hydrogen) atoms. The van der Waals surface area contributed by atoms with Gasteiger partial charge >= 0.3 is 6.18 Å². The normalized spacial score (nSPS) is 22.6. The van der Waals surface area contributed by atoms with Gasteiger partial charge in [-0.3, -0.25) is 9.59 Å². The number of anilines is 1. The second-order valence-corrected chi connectivity index (χ2v) is 9.32. The van der Waals surface area contributed by atoms with Crippen molar-refractivity contribution >= 4 is 29.2 Å². The average molecular weight is 457 g/mol. The maximum atomic E-state index is 13.6. The molecule has 1 aromatic heterocycles. The Morgan fingerprint density at radius 3 is 2.62 bits per heavy atom. The van der Waals surface area contributed by atoms with Crippen molar-refractivity contribution in [2.24, 2.45) is 5.92 Å². The van der Waals surface area contributed by atoms with Crippen molar-refractivity contribution in [1.82, 2.24) is 10.2 Å². The quantitative estimate of drug-likeness (QED) is 0.503. The summed E-state index contributed by atoms with van der Waals surface area (Å²) in [7, 11) is 0. The standard InChI is InChI=1S/C23H18F3N3O2S/c1-13-8-22(9-13,21-28-27-12-32-21)15-3-2-4-16(7-15)29-10-18-17(20(29)31)5-14(11-30)6-19(18)23(24,25)26/h2-7,11-13H,8-10H2,1H3. The van der Waals surface area contributed by atoms with E-state index in [1.165, 1.54) is 22.3 Å². The second-order valence-electron chi connectivity index (χ2n) is 8.49. The first kappa shape index (κ1) is 20.8. The van der Waals surface area contributed by atoms with E-state index in [0.717, 1.165) is 29.5 Å². The van der Waals surface area contributed by atoms with Gasteiger partial charge in [-0.15, -0.1) is 21.5 Å². The summed E-state index contributed by atoms with van der Waals surface area (Å²) in [5, 5.41) is 9.16. The molecule has 1 aliphatic carbocycles. The first-order valence-electron chi connectivity index (χ1n) is 10.1. The molecule has 0 atom stereocenters. The number of halogens is 3. The van der Waals surface area contributed by atoms with Gasteiger partial charge < -0.3 is 4.90 Å². The maximum Gasteiger partial charge on any atom is 0.416 e.